The summed E-state index contributed by atoms with van der Waals surface area (Å²) in [5.41, 5.74) is 0.271. The summed E-state index contributed by atoms with van der Waals surface area (Å²) in [6, 6.07) is 0. The summed E-state index contributed by atoms with van der Waals surface area (Å²) in [6.45, 7) is 9.50. The highest BCUT2D eigenvalue weighted by atomic mass is 16.4. The summed E-state index contributed by atoms with van der Waals surface area (Å²) < 4.78 is 0. The van der Waals surface area contributed by atoms with E-state index in [2.05, 4.69) is 20.8 Å². The molecule has 0 saturated carbocycles. The molecule has 1 fully saturated rings. The van der Waals surface area contributed by atoms with Crippen LogP contribution in [0.25, 0.3) is 0 Å². The van der Waals surface area contributed by atoms with Crippen LogP contribution in [0.15, 0.2) is 0 Å². The van der Waals surface area contributed by atoms with Crippen LogP contribution in [-0.2, 0) is 9.59 Å². The number of nitrogens with zero attached hydrogens (tertiary/aromatic N) is 1. The molecule has 0 aromatic rings. The van der Waals surface area contributed by atoms with Crippen molar-refractivity contribution in [1.82, 2.24) is 4.90 Å². The van der Waals surface area contributed by atoms with Crippen molar-refractivity contribution in [2.75, 3.05) is 13.1 Å². The Labute approximate surface area is 103 Å². The van der Waals surface area contributed by atoms with Crippen molar-refractivity contribution >= 4 is 11.9 Å². The fourth-order valence-corrected chi connectivity index (χ4v) is 2.35. The Kier molecular flexibility index (Phi) is 4.17. The van der Waals surface area contributed by atoms with Crippen LogP contribution in [-0.4, -0.2) is 35.0 Å². The van der Waals surface area contributed by atoms with Crippen molar-refractivity contribution in [1.29, 1.82) is 0 Å². The van der Waals surface area contributed by atoms with Crippen LogP contribution in [0.5, 0.6) is 0 Å². The van der Waals surface area contributed by atoms with Gasteiger partial charge in [-0.3, -0.25) is 9.59 Å². The molecule has 0 aromatic carbocycles. The molecule has 4 heteroatoms. The van der Waals surface area contributed by atoms with Gasteiger partial charge in [0.1, 0.15) is 5.92 Å². The fourth-order valence-electron chi connectivity index (χ4n) is 2.35. The molecule has 1 rings (SSSR count). The summed E-state index contributed by atoms with van der Waals surface area (Å²) in [5.74, 6) is -1.58. The average Bonchev–Trinajstić information content (AvgIpc) is 2.26. The minimum Gasteiger partial charge on any atom is -0.481 e. The standard InChI is InChI=1S/C13H23NO3/c1-9(12(16)17)11(15)14-7-5-10(6-8-14)13(2,3)4/h9-10H,5-8H2,1-4H3,(H,16,17). The van der Waals surface area contributed by atoms with Gasteiger partial charge in [-0.1, -0.05) is 20.8 Å². The van der Waals surface area contributed by atoms with Crippen LogP contribution >= 0.6 is 0 Å². The summed E-state index contributed by atoms with van der Waals surface area (Å²) in [6.07, 6.45) is 1.95. The van der Waals surface area contributed by atoms with Gasteiger partial charge in [0.15, 0.2) is 0 Å². The van der Waals surface area contributed by atoms with Gasteiger partial charge in [-0.15, -0.1) is 0 Å². The van der Waals surface area contributed by atoms with E-state index in [9.17, 15) is 9.59 Å². The van der Waals surface area contributed by atoms with Gasteiger partial charge in [0.25, 0.3) is 0 Å². The lowest BCUT2D eigenvalue weighted by molar-refractivity contribution is -0.151. The molecule has 0 aromatic heterocycles. The van der Waals surface area contributed by atoms with Gasteiger partial charge >= 0.3 is 5.97 Å². The molecule has 98 valence electrons. The Morgan fingerprint density at radius 3 is 2.06 bits per heavy atom. The predicted octanol–water partition coefficient (Wildman–Crippen LogP) is 1.99. The number of rotatable bonds is 2. The second-order valence-electron chi connectivity index (χ2n) is 6.03. The largest absolute Gasteiger partial charge is 0.481 e. The Hall–Kier alpha value is -1.06. The number of carboxylic acids is 1. The Bertz CT molecular complexity index is 298. The quantitative estimate of drug-likeness (QED) is 0.752. The van der Waals surface area contributed by atoms with Crippen molar-refractivity contribution in [3.8, 4) is 0 Å². The molecule has 1 heterocycles. The van der Waals surface area contributed by atoms with Gasteiger partial charge < -0.3 is 10.0 Å². The van der Waals surface area contributed by atoms with Crippen LogP contribution in [0, 0.1) is 17.3 Å². The van der Waals surface area contributed by atoms with Gasteiger partial charge in [-0.05, 0) is 31.1 Å². The van der Waals surface area contributed by atoms with Crippen LogP contribution < -0.4 is 0 Å². The molecule has 1 amide bonds. The highest BCUT2D eigenvalue weighted by Crippen LogP contribution is 2.34. The summed E-state index contributed by atoms with van der Waals surface area (Å²) in [7, 11) is 0. The molecule has 1 aliphatic heterocycles. The van der Waals surface area contributed by atoms with Crippen LogP contribution in [0.2, 0.25) is 0 Å². The minimum absolute atomic E-state index is 0.246. The first-order valence-corrected chi connectivity index (χ1v) is 6.25. The Morgan fingerprint density at radius 2 is 1.71 bits per heavy atom. The maximum atomic E-state index is 11.8. The molecular formula is C13H23NO3. The number of piperidine rings is 1. The molecule has 0 spiro atoms. The lowest BCUT2D eigenvalue weighted by atomic mass is 9.75. The maximum absolute atomic E-state index is 11.8. The number of hydrogen-bond acceptors (Lipinski definition) is 2. The summed E-state index contributed by atoms with van der Waals surface area (Å²) in [4.78, 5) is 24.3. The predicted molar refractivity (Wildman–Crippen MR) is 65.6 cm³/mol. The van der Waals surface area contributed by atoms with E-state index in [1.54, 1.807) is 4.90 Å². The first-order chi connectivity index (χ1) is 7.73. The van der Waals surface area contributed by atoms with Crippen molar-refractivity contribution in [3.05, 3.63) is 0 Å². The minimum atomic E-state index is -1.03. The highest BCUT2D eigenvalue weighted by molar-refractivity contribution is 5.96. The fraction of sp³-hybridized carbons (Fsp3) is 0.846. The molecule has 1 aliphatic rings. The average molecular weight is 241 g/mol. The van der Waals surface area contributed by atoms with Crippen molar-refractivity contribution < 1.29 is 14.7 Å². The molecule has 1 atom stereocenters. The van der Waals surface area contributed by atoms with E-state index >= 15 is 0 Å². The van der Waals surface area contributed by atoms with E-state index in [-0.39, 0.29) is 11.3 Å². The molecule has 1 unspecified atom stereocenters. The topological polar surface area (TPSA) is 57.6 Å². The third kappa shape index (κ3) is 3.45. The Balaban J connectivity index is 2.53. The van der Waals surface area contributed by atoms with E-state index in [0.717, 1.165) is 12.8 Å². The van der Waals surface area contributed by atoms with Gasteiger partial charge in [-0.25, -0.2) is 0 Å². The normalized spacial score (nSPS) is 20.1. The van der Waals surface area contributed by atoms with Crippen molar-refractivity contribution in [2.45, 2.75) is 40.5 Å². The van der Waals surface area contributed by atoms with Crippen LogP contribution in [0.4, 0.5) is 0 Å². The molecular weight excluding hydrogens is 218 g/mol. The summed E-state index contributed by atoms with van der Waals surface area (Å²) in [5, 5.41) is 8.82. The number of amides is 1. The third-order valence-electron chi connectivity index (χ3n) is 3.77. The molecule has 1 N–H and O–H groups in total. The zero-order valence-corrected chi connectivity index (χ0v) is 11.2. The van der Waals surface area contributed by atoms with Crippen molar-refractivity contribution in [2.24, 2.45) is 17.3 Å². The number of likely N-dealkylation sites (tertiary alicyclic amines) is 1. The number of aliphatic carboxylic acids is 1. The second-order valence-corrected chi connectivity index (χ2v) is 6.03. The maximum Gasteiger partial charge on any atom is 0.315 e. The van der Waals surface area contributed by atoms with E-state index < -0.39 is 11.9 Å². The lowest BCUT2D eigenvalue weighted by Crippen LogP contribution is -2.44. The SMILES string of the molecule is CC(C(=O)O)C(=O)N1CCC(C(C)(C)C)CC1. The smallest absolute Gasteiger partial charge is 0.315 e. The first kappa shape index (κ1) is 14.0. The number of carboxylic acid groups (broad SMARTS) is 1. The monoisotopic (exact) mass is 241 g/mol. The molecule has 0 radical (unpaired) electrons. The number of hydrogen-bond donors (Lipinski definition) is 1. The van der Waals surface area contributed by atoms with Gasteiger partial charge in [0, 0.05) is 13.1 Å². The lowest BCUT2D eigenvalue weighted by Gasteiger charge is -2.39. The third-order valence-corrected chi connectivity index (χ3v) is 3.77. The number of carbonyl (C=O) groups excluding carboxylic acids is 1. The number of carbonyl (C=O) groups is 2. The van der Waals surface area contributed by atoms with E-state index in [1.165, 1.54) is 6.92 Å². The van der Waals surface area contributed by atoms with Gasteiger partial charge in [-0.2, -0.15) is 0 Å². The summed E-state index contributed by atoms with van der Waals surface area (Å²) >= 11 is 0. The van der Waals surface area contributed by atoms with E-state index in [4.69, 9.17) is 5.11 Å². The molecule has 4 nitrogen and oxygen atoms in total. The molecule has 0 bridgehead atoms. The highest BCUT2D eigenvalue weighted by Gasteiger charge is 2.33. The zero-order chi connectivity index (χ0) is 13.2. The van der Waals surface area contributed by atoms with E-state index in [0.29, 0.717) is 19.0 Å². The second kappa shape index (κ2) is 5.07. The first-order valence-electron chi connectivity index (χ1n) is 6.25. The molecule has 0 aliphatic carbocycles. The van der Waals surface area contributed by atoms with Gasteiger partial charge in [0.2, 0.25) is 5.91 Å². The van der Waals surface area contributed by atoms with Crippen LogP contribution in [0.1, 0.15) is 40.5 Å². The van der Waals surface area contributed by atoms with Crippen molar-refractivity contribution in [3.63, 3.8) is 0 Å². The molecule has 17 heavy (non-hydrogen) atoms. The zero-order valence-electron chi connectivity index (χ0n) is 11.2. The van der Waals surface area contributed by atoms with Crippen LogP contribution in [0.3, 0.4) is 0 Å². The van der Waals surface area contributed by atoms with E-state index in [1.807, 2.05) is 0 Å². The van der Waals surface area contributed by atoms with Gasteiger partial charge in [0.05, 0.1) is 0 Å². The Morgan fingerprint density at radius 1 is 1.24 bits per heavy atom. The molecule has 1 saturated heterocycles.